The Morgan fingerprint density at radius 1 is 1.09 bits per heavy atom. The highest BCUT2D eigenvalue weighted by atomic mass is 32.1. The largest absolute Gasteiger partial charge is 0.465 e. The van der Waals surface area contributed by atoms with Crippen molar-refractivity contribution in [3.8, 4) is 0 Å². The summed E-state index contributed by atoms with van der Waals surface area (Å²) in [6, 6.07) is 0. The van der Waals surface area contributed by atoms with Gasteiger partial charge in [-0.2, -0.15) is 0 Å². The zero-order chi connectivity index (χ0) is 23.7. The van der Waals surface area contributed by atoms with Crippen LogP contribution in [0.3, 0.4) is 0 Å². The van der Waals surface area contributed by atoms with Crippen molar-refractivity contribution in [1.82, 2.24) is 10.2 Å². The third-order valence-corrected chi connectivity index (χ3v) is 6.67. The molecule has 2 amide bonds. The van der Waals surface area contributed by atoms with Gasteiger partial charge in [0.1, 0.15) is 9.88 Å². The molecule has 178 valence electrons. The zero-order valence-electron chi connectivity index (χ0n) is 19.2. The summed E-state index contributed by atoms with van der Waals surface area (Å²) in [4.78, 5) is 50.9. The fourth-order valence-electron chi connectivity index (χ4n) is 3.78. The van der Waals surface area contributed by atoms with Gasteiger partial charge in [-0.15, -0.1) is 11.3 Å². The van der Waals surface area contributed by atoms with Crippen molar-refractivity contribution in [2.45, 2.75) is 46.0 Å². The van der Waals surface area contributed by atoms with Gasteiger partial charge < -0.3 is 25.0 Å². The number of carbonyl (C=O) groups excluding carboxylic acids is 4. The van der Waals surface area contributed by atoms with Crippen LogP contribution in [0.2, 0.25) is 0 Å². The number of hydrogen-bond donors (Lipinski definition) is 2. The summed E-state index contributed by atoms with van der Waals surface area (Å²) < 4.78 is 9.58. The molecule has 1 atom stereocenters. The van der Waals surface area contributed by atoms with Crippen LogP contribution in [-0.4, -0.2) is 69.1 Å². The average molecular weight is 468 g/mol. The molecule has 1 aromatic heterocycles. The minimum atomic E-state index is -0.617. The minimum absolute atomic E-state index is 0.0861. The van der Waals surface area contributed by atoms with E-state index in [0.29, 0.717) is 31.0 Å². The van der Waals surface area contributed by atoms with E-state index in [-0.39, 0.29) is 33.7 Å². The summed E-state index contributed by atoms with van der Waals surface area (Å²) in [5.41, 5.74) is 0.597. The number of nitrogens with one attached hydrogen (secondary N) is 2. The SMILES string of the molecule is CCCC(=O)NCC1CCCN(CCC(=O)Nc2sc(C(=O)OC)c(C)c2C(=O)OC)C1. The molecule has 1 aromatic rings. The number of methoxy groups -OCH3 is 2. The molecule has 0 bridgehead atoms. The van der Waals surface area contributed by atoms with Gasteiger partial charge in [0.25, 0.3) is 0 Å². The van der Waals surface area contributed by atoms with Gasteiger partial charge in [-0.05, 0) is 44.2 Å². The highest BCUT2D eigenvalue weighted by Gasteiger charge is 2.27. The molecule has 0 spiro atoms. The van der Waals surface area contributed by atoms with Crippen molar-refractivity contribution in [3.05, 3.63) is 16.0 Å². The average Bonchev–Trinajstić information content (AvgIpc) is 3.11. The fraction of sp³-hybridized carbons (Fsp3) is 0.636. The Hall–Kier alpha value is -2.46. The Kier molecular flexibility index (Phi) is 10.1. The number of rotatable bonds is 10. The van der Waals surface area contributed by atoms with Crippen LogP contribution in [-0.2, 0) is 19.1 Å². The Morgan fingerprint density at radius 2 is 1.81 bits per heavy atom. The lowest BCUT2D eigenvalue weighted by molar-refractivity contribution is -0.121. The lowest BCUT2D eigenvalue weighted by Crippen LogP contribution is -2.41. The van der Waals surface area contributed by atoms with E-state index in [0.717, 1.165) is 43.7 Å². The maximum atomic E-state index is 12.6. The van der Waals surface area contributed by atoms with Crippen LogP contribution in [0, 0.1) is 12.8 Å². The van der Waals surface area contributed by atoms with Gasteiger partial charge >= 0.3 is 11.9 Å². The first-order valence-corrected chi connectivity index (χ1v) is 11.7. The van der Waals surface area contributed by atoms with E-state index in [1.165, 1.54) is 14.2 Å². The molecule has 0 radical (unpaired) electrons. The van der Waals surface area contributed by atoms with Gasteiger partial charge in [0.2, 0.25) is 11.8 Å². The topological polar surface area (TPSA) is 114 Å². The van der Waals surface area contributed by atoms with Crippen LogP contribution in [0.1, 0.15) is 64.6 Å². The highest BCUT2D eigenvalue weighted by Crippen LogP contribution is 2.34. The zero-order valence-corrected chi connectivity index (χ0v) is 20.1. The van der Waals surface area contributed by atoms with Gasteiger partial charge in [0, 0.05) is 32.5 Å². The number of piperidine rings is 1. The number of nitrogens with zero attached hydrogens (tertiary/aromatic N) is 1. The molecule has 2 rings (SSSR count). The second-order valence-corrected chi connectivity index (χ2v) is 8.93. The van der Waals surface area contributed by atoms with Crippen LogP contribution >= 0.6 is 11.3 Å². The number of likely N-dealkylation sites (tertiary alicyclic amines) is 1. The lowest BCUT2D eigenvalue weighted by Gasteiger charge is -2.32. The van der Waals surface area contributed by atoms with Crippen LogP contribution < -0.4 is 10.6 Å². The van der Waals surface area contributed by atoms with Crippen LogP contribution in [0.4, 0.5) is 5.00 Å². The third kappa shape index (κ3) is 7.03. The molecule has 0 aliphatic carbocycles. The molecule has 0 aromatic carbocycles. The van der Waals surface area contributed by atoms with Gasteiger partial charge in [-0.25, -0.2) is 9.59 Å². The smallest absolute Gasteiger partial charge is 0.348 e. The Labute approximate surface area is 192 Å². The first kappa shape index (κ1) is 25.8. The van der Waals surface area contributed by atoms with Gasteiger partial charge in [-0.3, -0.25) is 9.59 Å². The first-order chi connectivity index (χ1) is 15.3. The van der Waals surface area contributed by atoms with E-state index >= 15 is 0 Å². The molecule has 32 heavy (non-hydrogen) atoms. The molecule has 9 nitrogen and oxygen atoms in total. The number of thiophene rings is 1. The number of anilines is 1. The summed E-state index contributed by atoms with van der Waals surface area (Å²) in [5, 5.41) is 6.04. The highest BCUT2D eigenvalue weighted by molar-refractivity contribution is 7.18. The quantitative estimate of drug-likeness (QED) is 0.508. The predicted molar refractivity (Wildman–Crippen MR) is 122 cm³/mol. The molecule has 1 fully saturated rings. The monoisotopic (exact) mass is 467 g/mol. The maximum Gasteiger partial charge on any atom is 0.348 e. The molecular formula is C22H33N3O6S. The minimum Gasteiger partial charge on any atom is -0.465 e. The molecular weight excluding hydrogens is 434 g/mol. The predicted octanol–water partition coefficient (Wildman–Crippen LogP) is 2.59. The van der Waals surface area contributed by atoms with Crippen LogP contribution in [0.15, 0.2) is 0 Å². The van der Waals surface area contributed by atoms with Crippen LogP contribution in [0.25, 0.3) is 0 Å². The van der Waals surface area contributed by atoms with E-state index in [4.69, 9.17) is 9.47 Å². The number of carbonyl (C=O) groups is 4. The van der Waals surface area contributed by atoms with Gasteiger partial charge in [-0.1, -0.05) is 6.92 Å². The summed E-state index contributed by atoms with van der Waals surface area (Å²) in [7, 11) is 2.51. The number of ether oxygens (including phenoxy) is 2. The second-order valence-electron chi connectivity index (χ2n) is 7.90. The van der Waals surface area contributed by atoms with Crippen molar-refractivity contribution in [2.75, 3.05) is 45.7 Å². The van der Waals surface area contributed by atoms with Gasteiger partial charge in [0.15, 0.2) is 0 Å². The molecule has 0 saturated carbocycles. The summed E-state index contributed by atoms with van der Waals surface area (Å²) in [5.74, 6) is -0.966. The fourth-order valence-corrected chi connectivity index (χ4v) is 4.91. The van der Waals surface area contributed by atoms with Crippen molar-refractivity contribution in [1.29, 1.82) is 0 Å². The standard InChI is InChI=1S/C22H33N3O6S/c1-5-7-16(26)23-12-15-8-6-10-25(13-15)11-9-17(27)24-20-18(21(28)30-3)14(2)19(32-20)22(29)31-4/h15H,5-13H2,1-4H3,(H,23,26)(H,24,27). The molecule has 1 saturated heterocycles. The number of amides is 2. The van der Waals surface area contributed by atoms with E-state index in [2.05, 4.69) is 15.5 Å². The maximum absolute atomic E-state index is 12.6. The Bertz CT molecular complexity index is 838. The van der Waals surface area contributed by atoms with E-state index in [9.17, 15) is 19.2 Å². The number of hydrogen-bond acceptors (Lipinski definition) is 8. The van der Waals surface area contributed by atoms with E-state index in [1.807, 2.05) is 6.92 Å². The Balaban J connectivity index is 1.93. The van der Waals surface area contributed by atoms with Crippen molar-refractivity contribution in [2.24, 2.45) is 5.92 Å². The number of esters is 2. The normalized spacial score (nSPS) is 16.3. The molecule has 1 aliphatic rings. The molecule has 2 heterocycles. The molecule has 10 heteroatoms. The van der Waals surface area contributed by atoms with Crippen molar-refractivity contribution in [3.63, 3.8) is 0 Å². The second kappa shape index (κ2) is 12.5. The molecule has 1 unspecified atom stereocenters. The van der Waals surface area contributed by atoms with E-state index < -0.39 is 11.9 Å². The Morgan fingerprint density at radius 3 is 2.47 bits per heavy atom. The van der Waals surface area contributed by atoms with Crippen molar-refractivity contribution >= 4 is 40.1 Å². The van der Waals surface area contributed by atoms with Crippen LogP contribution in [0.5, 0.6) is 0 Å². The third-order valence-electron chi connectivity index (χ3n) is 5.48. The molecule has 2 N–H and O–H groups in total. The summed E-state index contributed by atoms with van der Waals surface area (Å²) in [6.07, 6.45) is 3.71. The van der Waals surface area contributed by atoms with E-state index in [1.54, 1.807) is 6.92 Å². The molecule has 1 aliphatic heterocycles. The first-order valence-electron chi connectivity index (χ1n) is 10.9. The summed E-state index contributed by atoms with van der Waals surface area (Å²) >= 11 is 1.00. The van der Waals surface area contributed by atoms with Crippen molar-refractivity contribution < 1.29 is 28.7 Å². The lowest BCUT2D eigenvalue weighted by atomic mass is 9.97. The summed E-state index contributed by atoms with van der Waals surface area (Å²) in [6.45, 7) is 6.58. The van der Waals surface area contributed by atoms with Gasteiger partial charge in [0.05, 0.1) is 19.8 Å².